The smallest absolute Gasteiger partial charge is 0.101 e. The van der Waals surface area contributed by atoms with Crippen molar-refractivity contribution < 1.29 is 0 Å². The zero-order chi connectivity index (χ0) is 24.2. The number of hydrogen-bond acceptors (Lipinski definition) is 3. The molecule has 0 aliphatic carbocycles. The third-order valence-corrected chi connectivity index (χ3v) is 7.99. The SMILES string of the molecule is N#Cc1ccc2c(c1)sc1cc(-c3cccc(C#N)c3-n3c4ccccc4c4ccccc43)ccc12. The molecule has 0 bridgehead atoms. The minimum atomic E-state index is 0.633. The third-order valence-electron chi connectivity index (χ3n) is 6.87. The molecular formula is C32H17N3S. The molecule has 0 spiro atoms. The second kappa shape index (κ2) is 7.82. The normalized spacial score (nSPS) is 11.3. The fourth-order valence-corrected chi connectivity index (χ4v) is 6.47. The Labute approximate surface area is 211 Å². The van der Waals surface area contributed by atoms with Gasteiger partial charge in [0.25, 0.3) is 0 Å². The highest BCUT2D eigenvalue weighted by Gasteiger charge is 2.19. The third kappa shape index (κ3) is 2.89. The van der Waals surface area contributed by atoms with Crippen LogP contribution in [0.3, 0.4) is 0 Å². The van der Waals surface area contributed by atoms with E-state index in [1.165, 1.54) is 16.2 Å². The van der Waals surface area contributed by atoms with E-state index in [0.717, 1.165) is 42.6 Å². The molecule has 0 fully saturated rings. The highest BCUT2D eigenvalue weighted by Crippen LogP contribution is 2.41. The largest absolute Gasteiger partial charge is 0.307 e. The van der Waals surface area contributed by atoms with Gasteiger partial charge in [-0.3, -0.25) is 0 Å². The van der Waals surface area contributed by atoms with Crippen LogP contribution in [0.2, 0.25) is 0 Å². The van der Waals surface area contributed by atoms with Crippen LogP contribution < -0.4 is 0 Å². The van der Waals surface area contributed by atoms with Crippen molar-refractivity contribution >= 4 is 53.3 Å². The maximum absolute atomic E-state index is 10.2. The lowest BCUT2D eigenvalue weighted by Crippen LogP contribution is -2.00. The van der Waals surface area contributed by atoms with Crippen LogP contribution in [0.4, 0.5) is 0 Å². The molecule has 0 atom stereocenters. The van der Waals surface area contributed by atoms with E-state index in [1.807, 2.05) is 42.5 Å². The van der Waals surface area contributed by atoms with E-state index in [9.17, 15) is 10.5 Å². The van der Waals surface area contributed by atoms with Crippen molar-refractivity contribution in [2.45, 2.75) is 0 Å². The summed E-state index contributed by atoms with van der Waals surface area (Å²) in [6, 6.07) is 39.7. The van der Waals surface area contributed by atoms with Gasteiger partial charge in [-0.05, 0) is 42.0 Å². The van der Waals surface area contributed by atoms with Crippen LogP contribution >= 0.6 is 11.3 Å². The Hall–Kier alpha value is -4.90. The van der Waals surface area contributed by atoms with Crippen molar-refractivity contribution in [1.82, 2.24) is 4.57 Å². The van der Waals surface area contributed by atoms with Crippen LogP contribution in [0.1, 0.15) is 11.1 Å². The van der Waals surface area contributed by atoms with E-state index < -0.39 is 0 Å². The van der Waals surface area contributed by atoms with Gasteiger partial charge in [0.15, 0.2) is 0 Å². The van der Waals surface area contributed by atoms with Gasteiger partial charge in [-0.15, -0.1) is 11.3 Å². The molecule has 166 valence electrons. The van der Waals surface area contributed by atoms with Gasteiger partial charge in [-0.25, -0.2) is 0 Å². The zero-order valence-electron chi connectivity index (χ0n) is 19.1. The molecule has 5 aromatic carbocycles. The summed E-state index contributed by atoms with van der Waals surface area (Å²) in [6.45, 7) is 0. The first kappa shape index (κ1) is 20.5. The topological polar surface area (TPSA) is 52.5 Å². The maximum Gasteiger partial charge on any atom is 0.101 e. The van der Waals surface area contributed by atoms with Gasteiger partial charge in [0.2, 0.25) is 0 Å². The fourth-order valence-electron chi connectivity index (χ4n) is 5.29. The molecule has 0 saturated heterocycles. The van der Waals surface area contributed by atoms with E-state index in [0.29, 0.717) is 11.1 Å². The molecule has 7 rings (SSSR count). The first-order valence-corrected chi connectivity index (χ1v) is 12.5. The Morgan fingerprint density at radius 2 is 1.25 bits per heavy atom. The summed E-state index contributed by atoms with van der Waals surface area (Å²) in [5.74, 6) is 0. The summed E-state index contributed by atoms with van der Waals surface area (Å²) in [5, 5.41) is 24.1. The van der Waals surface area contributed by atoms with Gasteiger partial charge in [0.1, 0.15) is 6.07 Å². The second-order valence-corrected chi connectivity index (χ2v) is 9.90. The first-order chi connectivity index (χ1) is 17.8. The molecule has 0 aliphatic rings. The average molecular weight is 476 g/mol. The minimum Gasteiger partial charge on any atom is -0.307 e. The van der Waals surface area contributed by atoms with Crippen molar-refractivity contribution in [2.24, 2.45) is 0 Å². The van der Waals surface area contributed by atoms with Crippen molar-refractivity contribution in [2.75, 3.05) is 0 Å². The molecule has 0 N–H and O–H groups in total. The summed E-state index contributed by atoms with van der Waals surface area (Å²) in [4.78, 5) is 0. The Morgan fingerprint density at radius 3 is 1.94 bits per heavy atom. The number of benzene rings is 5. The van der Waals surface area contributed by atoms with Gasteiger partial charge >= 0.3 is 0 Å². The van der Waals surface area contributed by atoms with Gasteiger partial charge in [-0.1, -0.05) is 66.7 Å². The molecule has 3 nitrogen and oxygen atoms in total. The fraction of sp³-hybridized carbons (Fsp3) is 0. The van der Waals surface area contributed by atoms with E-state index in [-0.39, 0.29) is 0 Å². The van der Waals surface area contributed by atoms with Crippen molar-refractivity contribution in [3.05, 3.63) is 114 Å². The van der Waals surface area contributed by atoms with Crippen LogP contribution in [0.5, 0.6) is 0 Å². The van der Waals surface area contributed by atoms with Crippen molar-refractivity contribution in [3.63, 3.8) is 0 Å². The predicted molar refractivity (Wildman–Crippen MR) is 149 cm³/mol. The average Bonchev–Trinajstić information content (AvgIpc) is 3.47. The van der Waals surface area contributed by atoms with Gasteiger partial charge in [0.05, 0.1) is 33.9 Å². The monoisotopic (exact) mass is 475 g/mol. The van der Waals surface area contributed by atoms with E-state index in [4.69, 9.17) is 0 Å². The molecular weight excluding hydrogens is 458 g/mol. The quantitative estimate of drug-likeness (QED) is 0.251. The molecule has 7 aromatic rings. The lowest BCUT2D eigenvalue weighted by molar-refractivity contribution is 1.17. The van der Waals surface area contributed by atoms with Crippen molar-refractivity contribution in [1.29, 1.82) is 10.5 Å². The molecule has 4 heteroatoms. The molecule has 0 amide bonds. The van der Waals surface area contributed by atoms with Crippen LogP contribution in [0.25, 0.3) is 58.8 Å². The van der Waals surface area contributed by atoms with Gasteiger partial charge < -0.3 is 4.57 Å². The maximum atomic E-state index is 10.2. The van der Waals surface area contributed by atoms with Crippen molar-refractivity contribution in [3.8, 4) is 29.0 Å². The second-order valence-electron chi connectivity index (χ2n) is 8.82. The molecule has 0 radical (unpaired) electrons. The Bertz CT molecular complexity index is 2030. The molecule has 0 saturated carbocycles. The first-order valence-electron chi connectivity index (χ1n) is 11.7. The predicted octanol–water partition coefficient (Wildman–Crippen LogP) is 8.56. The lowest BCUT2D eigenvalue weighted by atomic mass is 9.98. The standard InChI is InChI=1S/C32H17N3S/c33-18-20-12-14-26-27-15-13-21(17-31(27)36-30(26)16-20)23-9-5-6-22(19-34)32(23)35-28-10-3-1-7-24(28)25-8-2-4-11-29(25)35/h1-17H. The Balaban J connectivity index is 1.55. The summed E-state index contributed by atoms with van der Waals surface area (Å²) < 4.78 is 4.50. The summed E-state index contributed by atoms with van der Waals surface area (Å²) in [6.07, 6.45) is 0. The summed E-state index contributed by atoms with van der Waals surface area (Å²) in [5.41, 5.74) is 6.42. The Kier molecular flexibility index (Phi) is 4.45. The number of aromatic nitrogens is 1. The number of hydrogen-bond donors (Lipinski definition) is 0. The molecule has 0 unspecified atom stereocenters. The molecule has 0 aliphatic heterocycles. The highest BCUT2D eigenvalue weighted by molar-refractivity contribution is 7.25. The number of para-hydroxylation sites is 3. The number of rotatable bonds is 2. The van der Waals surface area contributed by atoms with E-state index in [2.05, 4.69) is 77.4 Å². The van der Waals surface area contributed by atoms with Crippen LogP contribution in [-0.4, -0.2) is 4.57 Å². The van der Waals surface area contributed by atoms with Gasteiger partial charge in [0, 0.05) is 36.5 Å². The minimum absolute atomic E-state index is 0.633. The lowest BCUT2D eigenvalue weighted by Gasteiger charge is -2.16. The molecule has 2 heterocycles. The summed E-state index contributed by atoms with van der Waals surface area (Å²) >= 11 is 1.70. The highest BCUT2D eigenvalue weighted by atomic mass is 32.1. The zero-order valence-corrected chi connectivity index (χ0v) is 19.9. The van der Waals surface area contributed by atoms with E-state index in [1.54, 1.807) is 11.3 Å². The van der Waals surface area contributed by atoms with Crippen LogP contribution in [-0.2, 0) is 0 Å². The van der Waals surface area contributed by atoms with Crippen LogP contribution in [0.15, 0.2) is 103 Å². The number of thiophene rings is 1. The van der Waals surface area contributed by atoms with Crippen LogP contribution in [0, 0.1) is 22.7 Å². The number of nitriles is 2. The summed E-state index contributed by atoms with van der Waals surface area (Å²) in [7, 11) is 0. The molecule has 36 heavy (non-hydrogen) atoms. The molecule has 2 aromatic heterocycles. The van der Waals surface area contributed by atoms with E-state index >= 15 is 0 Å². The Morgan fingerprint density at radius 1 is 0.583 bits per heavy atom. The van der Waals surface area contributed by atoms with Gasteiger partial charge in [-0.2, -0.15) is 10.5 Å². The number of fused-ring (bicyclic) bond motifs is 6. The number of nitrogens with zero attached hydrogens (tertiary/aromatic N) is 3.